The lowest BCUT2D eigenvalue weighted by molar-refractivity contribution is -0.384. The van der Waals surface area contributed by atoms with Crippen LogP contribution in [0.15, 0.2) is 54.7 Å². The van der Waals surface area contributed by atoms with Gasteiger partial charge in [0, 0.05) is 17.7 Å². The molecule has 0 bridgehead atoms. The monoisotopic (exact) mass is 299 g/mol. The highest BCUT2D eigenvalue weighted by Crippen LogP contribution is 2.27. The highest BCUT2D eigenvalue weighted by molar-refractivity contribution is 6.99. The first-order valence-corrected chi connectivity index (χ1v) is 6.76. The number of rotatable bonds is 4. The van der Waals surface area contributed by atoms with Gasteiger partial charge in [0.05, 0.1) is 22.8 Å². The zero-order valence-electron chi connectivity index (χ0n) is 10.7. The lowest BCUT2D eigenvalue weighted by Gasteiger charge is -2.06. The standard InChI is InChI=1S/C14H9N3O3S/c18-17(19)11-4-6-12(7-5-11)20-13-3-1-2-10(8-13)14-9-15-21-16-14/h1-9H. The van der Waals surface area contributed by atoms with Crippen molar-refractivity contribution in [2.24, 2.45) is 0 Å². The molecule has 0 atom stereocenters. The smallest absolute Gasteiger partial charge is 0.269 e. The van der Waals surface area contributed by atoms with E-state index in [4.69, 9.17) is 4.74 Å². The molecule has 0 unspecified atom stereocenters. The molecule has 1 aromatic heterocycles. The molecule has 0 aliphatic carbocycles. The fraction of sp³-hybridized carbons (Fsp3) is 0. The normalized spacial score (nSPS) is 10.3. The van der Waals surface area contributed by atoms with Gasteiger partial charge in [0.25, 0.3) is 5.69 Å². The maximum absolute atomic E-state index is 10.6. The van der Waals surface area contributed by atoms with Crippen LogP contribution in [0.3, 0.4) is 0 Å². The summed E-state index contributed by atoms with van der Waals surface area (Å²) in [5, 5.41) is 10.6. The number of nitrogens with zero attached hydrogens (tertiary/aromatic N) is 3. The molecule has 0 aliphatic rings. The summed E-state index contributed by atoms with van der Waals surface area (Å²) in [5.74, 6) is 1.17. The summed E-state index contributed by atoms with van der Waals surface area (Å²) in [5.41, 5.74) is 1.72. The Morgan fingerprint density at radius 1 is 1.10 bits per heavy atom. The van der Waals surface area contributed by atoms with Crippen LogP contribution in [0.2, 0.25) is 0 Å². The van der Waals surface area contributed by atoms with Gasteiger partial charge in [0.15, 0.2) is 0 Å². The highest BCUT2D eigenvalue weighted by atomic mass is 32.1. The molecule has 0 fully saturated rings. The number of hydrogen-bond acceptors (Lipinski definition) is 6. The maximum atomic E-state index is 10.6. The summed E-state index contributed by atoms with van der Waals surface area (Å²) in [4.78, 5) is 10.2. The molecule has 21 heavy (non-hydrogen) atoms. The predicted octanol–water partition coefficient (Wildman–Crippen LogP) is 3.91. The fourth-order valence-corrected chi connectivity index (χ4v) is 2.22. The largest absolute Gasteiger partial charge is 0.457 e. The molecule has 0 amide bonds. The van der Waals surface area contributed by atoms with E-state index >= 15 is 0 Å². The average Bonchev–Trinajstić information content (AvgIpc) is 3.02. The van der Waals surface area contributed by atoms with Crippen molar-refractivity contribution in [1.82, 2.24) is 8.75 Å². The highest BCUT2D eigenvalue weighted by Gasteiger charge is 2.06. The van der Waals surface area contributed by atoms with Gasteiger partial charge in [0.1, 0.15) is 17.2 Å². The molecule has 7 heteroatoms. The molecule has 0 saturated heterocycles. The van der Waals surface area contributed by atoms with Gasteiger partial charge in [-0.05, 0) is 24.3 Å². The zero-order chi connectivity index (χ0) is 14.7. The molecule has 1 heterocycles. The van der Waals surface area contributed by atoms with Crippen LogP contribution in [0.4, 0.5) is 5.69 Å². The van der Waals surface area contributed by atoms with Crippen LogP contribution >= 0.6 is 11.7 Å². The number of hydrogen-bond donors (Lipinski definition) is 0. The van der Waals surface area contributed by atoms with E-state index < -0.39 is 4.92 Å². The number of nitro benzene ring substituents is 1. The van der Waals surface area contributed by atoms with Gasteiger partial charge in [-0.3, -0.25) is 10.1 Å². The molecule has 2 aromatic carbocycles. The van der Waals surface area contributed by atoms with E-state index in [9.17, 15) is 10.1 Å². The van der Waals surface area contributed by atoms with Crippen molar-refractivity contribution in [1.29, 1.82) is 0 Å². The molecule has 3 aromatic rings. The van der Waals surface area contributed by atoms with Crippen LogP contribution in [0.1, 0.15) is 0 Å². The predicted molar refractivity (Wildman–Crippen MR) is 78.5 cm³/mol. The first-order valence-electron chi connectivity index (χ1n) is 6.03. The Bertz CT molecular complexity index is 757. The van der Waals surface area contributed by atoms with Crippen molar-refractivity contribution >= 4 is 17.4 Å². The summed E-state index contributed by atoms with van der Waals surface area (Å²) >= 11 is 1.14. The van der Waals surface area contributed by atoms with E-state index in [2.05, 4.69) is 8.75 Å². The van der Waals surface area contributed by atoms with Gasteiger partial charge in [-0.25, -0.2) is 0 Å². The van der Waals surface area contributed by atoms with E-state index in [1.165, 1.54) is 12.1 Å². The van der Waals surface area contributed by atoms with Gasteiger partial charge < -0.3 is 4.74 Å². The number of ether oxygens (including phenoxy) is 1. The Morgan fingerprint density at radius 2 is 1.90 bits per heavy atom. The Kier molecular flexibility index (Phi) is 3.57. The minimum atomic E-state index is -0.445. The fourth-order valence-electron chi connectivity index (χ4n) is 1.78. The van der Waals surface area contributed by atoms with E-state index in [1.54, 1.807) is 18.3 Å². The van der Waals surface area contributed by atoms with E-state index in [0.717, 1.165) is 23.0 Å². The number of aromatic nitrogens is 2. The summed E-state index contributed by atoms with van der Waals surface area (Å²) in [7, 11) is 0. The van der Waals surface area contributed by atoms with Gasteiger partial charge in [-0.15, -0.1) is 0 Å². The lowest BCUT2D eigenvalue weighted by atomic mass is 10.1. The summed E-state index contributed by atoms with van der Waals surface area (Å²) in [6, 6.07) is 13.4. The molecule has 0 spiro atoms. The minimum Gasteiger partial charge on any atom is -0.457 e. The Morgan fingerprint density at radius 3 is 2.57 bits per heavy atom. The molecule has 0 saturated carbocycles. The molecule has 104 valence electrons. The summed E-state index contributed by atoms with van der Waals surface area (Å²) in [6.45, 7) is 0. The van der Waals surface area contributed by atoms with Crippen LogP contribution in [0, 0.1) is 10.1 Å². The summed E-state index contributed by atoms with van der Waals surface area (Å²) in [6.07, 6.45) is 1.69. The third kappa shape index (κ3) is 3.03. The third-order valence-electron chi connectivity index (χ3n) is 2.77. The number of benzene rings is 2. The van der Waals surface area contributed by atoms with Crippen LogP contribution in [0.25, 0.3) is 11.3 Å². The Labute approximate surface area is 124 Å². The van der Waals surface area contributed by atoms with Crippen molar-refractivity contribution in [3.8, 4) is 22.8 Å². The van der Waals surface area contributed by atoms with Crippen molar-refractivity contribution in [2.45, 2.75) is 0 Å². The quantitative estimate of drug-likeness (QED) is 0.539. The van der Waals surface area contributed by atoms with Gasteiger partial charge in [-0.1, -0.05) is 12.1 Å². The molecule has 3 rings (SSSR count). The first-order chi connectivity index (χ1) is 10.2. The molecule has 6 nitrogen and oxygen atoms in total. The first kappa shape index (κ1) is 13.2. The molecular weight excluding hydrogens is 290 g/mol. The van der Waals surface area contributed by atoms with Gasteiger partial charge in [0.2, 0.25) is 0 Å². The topological polar surface area (TPSA) is 78.2 Å². The van der Waals surface area contributed by atoms with Crippen molar-refractivity contribution in [3.05, 3.63) is 64.8 Å². The van der Waals surface area contributed by atoms with Gasteiger partial charge >= 0.3 is 0 Å². The van der Waals surface area contributed by atoms with Crippen LogP contribution < -0.4 is 4.74 Å². The van der Waals surface area contributed by atoms with Gasteiger partial charge in [-0.2, -0.15) is 8.75 Å². The summed E-state index contributed by atoms with van der Waals surface area (Å²) < 4.78 is 13.8. The SMILES string of the molecule is O=[N+]([O-])c1ccc(Oc2cccc(-c3cnsn3)c2)cc1. The molecule has 0 aliphatic heterocycles. The molecule has 0 N–H and O–H groups in total. The molecular formula is C14H9N3O3S. The maximum Gasteiger partial charge on any atom is 0.269 e. The minimum absolute atomic E-state index is 0.0321. The third-order valence-corrected chi connectivity index (χ3v) is 3.25. The van der Waals surface area contributed by atoms with E-state index in [-0.39, 0.29) is 5.69 Å². The lowest BCUT2D eigenvalue weighted by Crippen LogP contribution is -1.88. The molecule has 0 radical (unpaired) electrons. The number of nitro groups is 1. The Hall–Kier alpha value is -2.80. The second-order valence-electron chi connectivity index (χ2n) is 4.17. The van der Waals surface area contributed by atoms with Crippen molar-refractivity contribution in [3.63, 3.8) is 0 Å². The van der Waals surface area contributed by atoms with E-state index in [1.807, 2.05) is 24.3 Å². The van der Waals surface area contributed by atoms with Crippen LogP contribution in [-0.4, -0.2) is 13.7 Å². The second kappa shape index (κ2) is 5.68. The second-order valence-corrected chi connectivity index (χ2v) is 4.73. The zero-order valence-corrected chi connectivity index (χ0v) is 11.5. The Balaban J connectivity index is 1.81. The van der Waals surface area contributed by atoms with Crippen LogP contribution in [0.5, 0.6) is 11.5 Å². The van der Waals surface area contributed by atoms with Crippen molar-refractivity contribution < 1.29 is 9.66 Å². The van der Waals surface area contributed by atoms with E-state index in [0.29, 0.717) is 11.5 Å². The van der Waals surface area contributed by atoms with Crippen molar-refractivity contribution in [2.75, 3.05) is 0 Å². The van der Waals surface area contributed by atoms with Crippen LogP contribution in [-0.2, 0) is 0 Å². The average molecular weight is 299 g/mol. The number of non-ortho nitro benzene ring substituents is 1.